The van der Waals surface area contributed by atoms with E-state index < -0.39 is 28.4 Å². The Labute approximate surface area is 116 Å². The summed E-state index contributed by atoms with van der Waals surface area (Å²) in [5.41, 5.74) is -0.295. The Hall–Kier alpha value is -2.05. The van der Waals surface area contributed by atoms with E-state index in [1.54, 1.807) is 18.0 Å². The molecule has 0 spiro atoms. The molecule has 0 saturated carbocycles. The van der Waals surface area contributed by atoms with Gasteiger partial charge in [0.15, 0.2) is 5.88 Å². The lowest BCUT2D eigenvalue weighted by atomic mass is 10.2. The van der Waals surface area contributed by atoms with E-state index in [1.807, 2.05) is 0 Å². The van der Waals surface area contributed by atoms with Gasteiger partial charge in [0.25, 0.3) is 10.1 Å². The normalized spacial score (nSPS) is 17.8. The highest BCUT2D eigenvalue weighted by atomic mass is 32.2. The molecule has 9 heteroatoms. The first-order valence-electron chi connectivity index (χ1n) is 5.62. The van der Waals surface area contributed by atoms with Gasteiger partial charge in [-0.1, -0.05) is 0 Å². The molecule has 1 fully saturated rings. The lowest BCUT2D eigenvalue weighted by molar-refractivity contribution is -0.137. The molecule has 1 rings (SSSR count). The van der Waals surface area contributed by atoms with Gasteiger partial charge in [0, 0.05) is 7.05 Å². The predicted octanol–water partition coefficient (Wildman–Crippen LogP) is -0.329. The second-order valence-corrected chi connectivity index (χ2v) is 5.46. The van der Waals surface area contributed by atoms with E-state index in [9.17, 15) is 13.2 Å². The molecule has 0 atom stereocenters. The van der Waals surface area contributed by atoms with E-state index in [1.165, 1.54) is 12.2 Å². The number of likely N-dealkylation sites (N-methyl/N-ethyl adjacent to an activating group) is 1. The Kier molecular flexibility index (Phi) is 5.54. The van der Waals surface area contributed by atoms with Crippen LogP contribution in [0, 0.1) is 11.3 Å². The van der Waals surface area contributed by atoms with Gasteiger partial charge in [-0.2, -0.15) is 13.7 Å². The summed E-state index contributed by atoms with van der Waals surface area (Å²) in [6.45, 7) is 0.709. The number of carbonyl (C=O) groups excluding carboxylic acids is 1. The Bertz CT molecular complexity index is 572. The zero-order chi connectivity index (χ0) is 15.2. The fourth-order valence-corrected chi connectivity index (χ4v) is 1.60. The zero-order valence-corrected chi connectivity index (χ0v) is 11.6. The summed E-state index contributed by atoms with van der Waals surface area (Å²) >= 11 is 0. The van der Waals surface area contributed by atoms with Gasteiger partial charge in [-0.3, -0.25) is 4.55 Å². The van der Waals surface area contributed by atoms with Gasteiger partial charge >= 0.3 is 5.97 Å². The highest BCUT2D eigenvalue weighted by Gasteiger charge is 2.15. The third kappa shape index (κ3) is 5.29. The van der Waals surface area contributed by atoms with Crippen LogP contribution in [-0.4, -0.2) is 56.4 Å². The van der Waals surface area contributed by atoms with Gasteiger partial charge in [0.2, 0.25) is 0 Å². The third-order valence-corrected chi connectivity index (χ3v) is 3.04. The van der Waals surface area contributed by atoms with Gasteiger partial charge in [0.05, 0.1) is 6.54 Å². The number of nitriles is 1. The van der Waals surface area contributed by atoms with Crippen LogP contribution in [0.1, 0.15) is 0 Å². The average molecular weight is 302 g/mol. The number of allylic oxidation sites excluding steroid dienone is 2. The molecular formula is C11H14N2O6S. The van der Waals surface area contributed by atoms with Crippen LogP contribution in [0.15, 0.2) is 23.6 Å². The summed E-state index contributed by atoms with van der Waals surface area (Å²) < 4.78 is 39.1. The number of carbonyl (C=O) groups is 1. The molecule has 1 saturated heterocycles. The maximum absolute atomic E-state index is 11.5. The number of hydrogen-bond donors (Lipinski definition) is 1. The highest BCUT2D eigenvalue weighted by molar-refractivity contribution is 7.85. The topological polar surface area (TPSA) is 117 Å². The molecular weight excluding hydrogens is 288 g/mol. The molecule has 0 aromatic carbocycles. The fourth-order valence-electron chi connectivity index (χ4n) is 1.31. The first-order chi connectivity index (χ1) is 9.33. The molecule has 110 valence electrons. The largest absolute Gasteiger partial charge is 0.477 e. The molecule has 1 aliphatic rings. The molecule has 0 radical (unpaired) electrons. The van der Waals surface area contributed by atoms with Crippen LogP contribution < -0.4 is 0 Å². The van der Waals surface area contributed by atoms with E-state index in [0.29, 0.717) is 19.0 Å². The maximum atomic E-state index is 11.5. The average Bonchev–Trinajstić information content (AvgIpc) is 2.74. The molecule has 8 nitrogen and oxygen atoms in total. The van der Waals surface area contributed by atoms with Crippen LogP contribution in [0.5, 0.6) is 0 Å². The Morgan fingerprint density at radius 2 is 2.35 bits per heavy atom. The summed E-state index contributed by atoms with van der Waals surface area (Å²) in [6.07, 6.45) is 2.68. The predicted molar refractivity (Wildman–Crippen MR) is 67.7 cm³/mol. The van der Waals surface area contributed by atoms with Gasteiger partial charge in [0.1, 0.15) is 30.6 Å². The van der Waals surface area contributed by atoms with Crippen LogP contribution in [0.3, 0.4) is 0 Å². The van der Waals surface area contributed by atoms with Crippen molar-refractivity contribution in [3.63, 3.8) is 0 Å². The molecule has 0 bridgehead atoms. The van der Waals surface area contributed by atoms with Crippen LogP contribution in [0.25, 0.3) is 0 Å². The Morgan fingerprint density at radius 1 is 1.65 bits per heavy atom. The summed E-state index contributed by atoms with van der Waals surface area (Å²) in [7, 11) is -2.41. The SMILES string of the molecule is CN1CCOC1=CC=C(C#N)C(=O)OCCS(=O)(=O)O. The zero-order valence-electron chi connectivity index (χ0n) is 10.8. The fraction of sp³-hybridized carbons (Fsp3) is 0.455. The van der Waals surface area contributed by atoms with Crippen molar-refractivity contribution in [1.29, 1.82) is 5.26 Å². The summed E-state index contributed by atoms with van der Waals surface area (Å²) in [6, 6.07) is 1.64. The third-order valence-electron chi connectivity index (χ3n) is 2.36. The van der Waals surface area contributed by atoms with Gasteiger partial charge in [-0.05, 0) is 12.2 Å². The minimum atomic E-state index is -4.20. The van der Waals surface area contributed by atoms with E-state index in [2.05, 4.69) is 4.74 Å². The number of hydrogen-bond acceptors (Lipinski definition) is 7. The molecule has 0 aromatic rings. The van der Waals surface area contributed by atoms with E-state index in [4.69, 9.17) is 14.6 Å². The van der Waals surface area contributed by atoms with Crippen LogP contribution in [-0.2, 0) is 24.4 Å². The van der Waals surface area contributed by atoms with Crippen molar-refractivity contribution in [2.24, 2.45) is 0 Å². The molecule has 0 aliphatic carbocycles. The summed E-state index contributed by atoms with van der Waals surface area (Å²) in [4.78, 5) is 13.3. The minimum absolute atomic E-state index is 0.295. The second kappa shape index (κ2) is 6.93. The summed E-state index contributed by atoms with van der Waals surface area (Å²) in [5.74, 6) is -1.16. The van der Waals surface area contributed by atoms with Crippen molar-refractivity contribution in [3.05, 3.63) is 23.6 Å². The molecule has 20 heavy (non-hydrogen) atoms. The molecule has 0 aromatic heterocycles. The first-order valence-corrected chi connectivity index (χ1v) is 7.22. The monoisotopic (exact) mass is 302 g/mol. The van der Waals surface area contributed by atoms with Crippen molar-refractivity contribution >= 4 is 16.1 Å². The van der Waals surface area contributed by atoms with Crippen LogP contribution >= 0.6 is 0 Å². The van der Waals surface area contributed by atoms with Crippen molar-refractivity contribution < 1.29 is 27.2 Å². The molecule has 1 N–H and O–H groups in total. The first kappa shape index (κ1) is 16.0. The highest BCUT2D eigenvalue weighted by Crippen LogP contribution is 2.11. The number of nitrogens with zero attached hydrogens (tertiary/aromatic N) is 2. The number of ether oxygens (including phenoxy) is 2. The number of rotatable bonds is 5. The Morgan fingerprint density at radius 3 is 2.85 bits per heavy atom. The van der Waals surface area contributed by atoms with Crippen molar-refractivity contribution in [2.45, 2.75) is 0 Å². The lowest BCUT2D eigenvalue weighted by Gasteiger charge is -2.08. The van der Waals surface area contributed by atoms with Crippen molar-refractivity contribution in [1.82, 2.24) is 4.90 Å². The maximum Gasteiger partial charge on any atom is 0.348 e. The van der Waals surface area contributed by atoms with E-state index in [-0.39, 0.29) is 5.57 Å². The van der Waals surface area contributed by atoms with E-state index >= 15 is 0 Å². The quantitative estimate of drug-likeness (QED) is 0.317. The molecule has 0 unspecified atom stereocenters. The van der Waals surface area contributed by atoms with E-state index in [0.717, 1.165) is 0 Å². The summed E-state index contributed by atoms with van der Waals surface area (Å²) in [5, 5.41) is 8.83. The van der Waals surface area contributed by atoms with Crippen molar-refractivity contribution in [3.8, 4) is 6.07 Å². The molecule has 1 heterocycles. The van der Waals surface area contributed by atoms with Crippen LogP contribution in [0.4, 0.5) is 0 Å². The Balaban J connectivity index is 2.62. The molecule has 0 amide bonds. The second-order valence-electron chi connectivity index (χ2n) is 3.89. The smallest absolute Gasteiger partial charge is 0.348 e. The van der Waals surface area contributed by atoms with Gasteiger partial charge in [-0.25, -0.2) is 4.79 Å². The van der Waals surface area contributed by atoms with Gasteiger partial charge in [-0.15, -0.1) is 0 Å². The molecule has 1 aliphatic heterocycles. The van der Waals surface area contributed by atoms with Crippen LogP contribution in [0.2, 0.25) is 0 Å². The lowest BCUT2D eigenvalue weighted by Crippen LogP contribution is -2.15. The van der Waals surface area contributed by atoms with Crippen molar-refractivity contribution in [2.75, 3.05) is 32.6 Å². The van der Waals surface area contributed by atoms with Gasteiger partial charge < -0.3 is 14.4 Å². The number of esters is 1. The minimum Gasteiger partial charge on any atom is -0.477 e. The standard InChI is InChI=1S/C11H14N2O6S/c1-13-4-5-18-10(13)3-2-9(8-12)11(14)19-6-7-20(15,16)17/h2-3H,4-7H2,1H3,(H,15,16,17).